The minimum absolute atomic E-state index is 0. The van der Waals surface area contributed by atoms with Crippen LogP contribution in [0.25, 0.3) is 0 Å². The van der Waals surface area contributed by atoms with E-state index >= 15 is 0 Å². The topological polar surface area (TPSA) is 126 Å². The van der Waals surface area contributed by atoms with E-state index < -0.39 is 0 Å². The quantitative estimate of drug-likeness (QED) is 0.454. The van der Waals surface area contributed by atoms with Gasteiger partial charge in [0.1, 0.15) is 0 Å². The average molecular weight is 378 g/mol. The Morgan fingerprint density at radius 1 is 0.714 bits per heavy atom. The summed E-state index contributed by atoms with van der Waals surface area (Å²) in [5.41, 5.74) is 0. The summed E-state index contributed by atoms with van der Waals surface area (Å²) >= 11 is 4.68. The standard InChI is InChI=1S/Cr.2HI.4H2O/h;2*1H;4*1H2/q+2;;;;;;/p-2. The molecular weight excluding hydrogens is 370 g/mol. The zero-order chi connectivity index (χ0) is 2.71. The van der Waals surface area contributed by atoms with E-state index in [9.17, 15) is 0 Å². The van der Waals surface area contributed by atoms with Crippen molar-refractivity contribution in [3.63, 3.8) is 0 Å². The predicted molar refractivity (Wildman–Crippen MR) is 42.5 cm³/mol. The molecule has 0 aliphatic rings. The molecule has 0 spiro atoms. The summed E-state index contributed by atoms with van der Waals surface area (Å²) in [4.78, 5) is 0. The van der Waals surface area contributed by atoms with E-state index in [2.05, 4.69) is 40.5 Å². The minimum atomic E-state index is 0. The molecule has 0 saturated carbocycles. The van der Waals surface area contributed by atoms with E-state index in [0.29, 0.717) is 0 Å². The molecule has 0 aromatic carbocycles. The van der Waals surface area contributed by atoms with Crippen LogP contribution in [0.4, 0.5) is 0 Å². The molecule has 0 aliphatic carbocycles. The predicted octanol–water partition coefficient (Wildman–Crippen LogP) is -1.53. The first-order valence-corrected chi connectivity index (χ1v) is 8.54. The molecule has 0 heterocycles. The zero-order valence-corrected chi connectivity index (χ0v) is 8.75. The molecule has 4 nitrogen and oxygen atoms in total. The maximum absolute atomic E-state index is 2.34. The fourth-order valence-electron chi connectivity index (χ4n) is 0. The Morgan fingerprint density at radius 3 is 0.714 bits per heavy atom. The third-order valence-electron chi connectivity index (χ3n) is 0. The summed E-state index contributed by atoms with van der Waals surface area (Å²) in [5, 5.41) is 0. The van der Waals surface area contributed by atoms with Crippen molar-refractivity contribution in [1.29, 1.82) is 0 Å². The van der Waals surface area contributed by atoms with Crippen molar-refractivity contribution in [2.75, 3.05) is 0 Å². The maximum atomic E-state index is 2.34. The Morgan fingerprint density at radius 2 is 0.714 bits per heavy atom. The second-order valence-electron chi connectivity index (χ2n) is 0.0583. The summed E-state index contributed by atoms with van der Waals surface area (Å²) in [6.45, 7) is 0. The number of rotatable bonds is 0. The van der Waals surface area contributed by atoms with Crippen LogP contribution in [0.1, 0.15) is 0 Å². The second kappa shape index (κ2) is 45.6. The molecule has 0 saturated heterocycles. The van der Waals surface area contributed by atoms with Crippen LogP contribution in [-0.2, 0) is 8.65 Å². The zero-order valence-electron chi connectivity index (χ0n) is 3.16. The van der Waals surface area contributed by atoms with Crippen molar-refractivity contribution in [3.05, 3.63) is 0 Å². The molecule has 0 rings (SSSR count). The second-order valence-corrected chi connectivity index (χ2v) is 10.8. The van der Waals surface area contributed by atoms with Gasteiger partial charge in [0.2, 0.25) is 0 Å². The number of hydrogen-bond acceptors (Lipinski definition) is 0. The molecule has 52 valence electrons. The van der Waals surface area contributed by atoms with Gasteiger partial charge in [0.15, 0.2) is 0 Å². The van der Waals surface area contributed by atoms with E-state index in [1.165, 1.54) is 0 Å². The summed E-state index contributed by atoms with van der Waals surface area (Å²) in [7, 11) is 0.815. The molecule has 7 heteroatoms. The van der Waals surface area contributed by atoms with Gasteiger partial charge in [-0.3, -0.25) is 0 Å². The van der Waals surface area contributed by atoms with Gasteiger partial charge >= 0.3 is 49.2 Å². The SMILES string of the molecule is O.O.O.O.[I][Cr][I]. The molecule has 0 radical (unpaired) electrons. The van der Waals surface area contributed by atoms with Crippen LogP contribution in [0.3, 0.4) is 0 Å². The molecule has 0 amide bonds. The van der Waals surface area contributed by atoms with E-state index in [1.54, 1.807) is 0 Å². The first kappa shape index (κ1) is 36.9. The van der Waals surface area contributed by atoms with E-state index in [0.717, 1.165) is 8.65 Å². The third-order valence-corrected chi connectivity index (χ3v) is 0. The first-order valence-electron chi connectivity index (χ1n) is 0.309. The van der Waals surface area contributed by atoms with Gasteiger partial charge in [0, 0.05) is 0 Å². The van der Waals surface area contributed by atoms with Crippen molar-refractivity contribution >= 4 is 40.5 Å². The Bertz CT molecular complexity index is 9.65. The van der Waals surface area contributed by atoms with Gasteiger partial charge in [-0.05, 0) is 0 Å². The average Bonchev–Trinajstić information content (AvgIpc) is 0.918. The first-order chi connectivity index (χ1) is 1.41. The normalized spacial score (nSPS) is 2.57. The fourth-order valence-corrected chi connectivity index (χ4v) is 0. The van der Waals surface area contributed by atoms with Crippen molar-refractivity contribution < 1.29 is 30.6 Å². The molecule has 7 heavy (non-hydrogen) atoms. The van der Waals surface area contributed by atoms with Gasteiger partial charge in [-0.2, -0.15) is 0 Å². The van der Waals surface area contributed by atoms with Crippen LogP contribution in [0.15, 0.2) is 0 Å². The Hall–Kier alpha value is 1.83. The molecular formula is H8CrI2O4. The molecule has 0 atom stereocenters. The number of hydrogen-bond donors (Lipinski definition) is 0. The van der Waals surface area contributed by atoms with Gasteiger partial charge < -0.3 is 21.9 Å². The fraction of sp³-hybridized carbons (Fsp3) is 0. The number of halogens is 2. The Labute approximate surface area is 70.3 Å². The molecule has 0 bridgehead atoms. The molecule has 0 aromatic rings. The molecule has 0 unspecified atom stereocenters. The third kappa shape index (κ3) is 79.3. The van der Waals surface area contributed by atoms with Crippen molar-refractivity contribution in [3.8, 4) is 0 Å². The monoisotopic (exact) mass is 378 g/mol. The van der Waals surface area contributed by atoms with E-state index in [4.69, 9.17) is 0 Å². The van der Waals surface area contributed by atoms with Crippen molar-refractivity contribution in [2.24, 2.45) is 0 Å². The van der Waals surface area contributed by atoms with Crippen LogP contribution in [-0.4, -0.2) is 21.9 Å². The van der Waals surface area contributed by atoms with Crippen LogP contribution in [0.2, 0.25) is 0 Å². The van der Waals surface area contributed by atoms with Crippen molar-refractivity contribution in [2.45, 2.75) is 0 Å². The van der Waals surface area contributed by atoms with Gasteiger partial charge in [-0.25, -0.2) is 0 Å². The van der Waals surface area contributed by atoms with Crippen LogP contribution in [0, 0.1) is 0 Å². The summed E-state index contributed by atoms with van der Waals surface area (Å²) < 4.78 is 0. The van der Waals surface area contributed by atoms with E-state index in [-0.39, 0.29) is 21.9 Å². The Kier molecular flexibility index (Phi) is 240. The van der Waals surface area contributed by atoms with Gasteiger partial charge in [-0.1, -0.05) is 0 Å². The molecule has 0 aliphatic heterocycles. The Balaban J connectivity index is -0.00000000333. The van der Waals surface area contributed by atoms with Gasteiger partial charge in [0.05, 0.1) is 0 Å². The van der Waals surface area contributed by atoms with Gasteiger partial charge in [0.25, 0.3) is 0 Å². The summed E-state index contributed by atoms with van der Waals surface area (Å²) in [5.74, 6) is 0. The molecule has 8 N–H and O–H groups in total. The van der Waals surface area contributed by atoms with Crippen molar-refractivity contribution in [1.82, 2.24) is 0 Å². The molecule has 0 aromatic heterocycles. The molecule has 0 fully saturated rings. The van der Waals surface area contributed by atoms with Crippen LogP contribution in [0.5, 0.6) is 0 Å². The van der Waals surface area contributed by atoms with E-state index in [1.807, 2.05) is 0 Å². The van der Waals surface area contributed by atoms with Gasteiger partial charge in [-0.15, -0.1) is 0 Å². The van der Waals surface area contributed by atoms with Crippen LogP contribution < -0.4 is 0 Å². The van der Waals surface area contributed by atoms with Crippen LogP contribution >= 0.6 is 40.5 Å². The summed E-state index contributed by atoms with van der Waals surface area (Å²) in [6.07, 6.45) is 0. The summed E-state index contributed by atoms with van der Waals surface area (Å²) in [6, 6.07) is 0.